The number of piperidine rings is 1. The molecular formula is C14H22N2O3. The Bertz CT molecular complexity index is 396. The van der Waals surface area contributed by atoms with Crippen LogP contribution in [0, 0.1) is 23.7 Å². The van der Waals surface area contributed by atoms with Crippen LogP contribution in [0.4, 0.5) is 0 Å². The predicted octanol–water partition coefficient (Wildman–Crippen LogP) is 0.683. The minimum atomic E-state index is -0.783. The Labute approximate surface area is 113 Å². The Hall–Kier alpha value is -1.10. The van der Waals surface area contributed by atoms with Crippen molar-refractivity contribution < 1.29 is 14.7 Å². The number of fused-ring (bicyclic) bond motifs is 2. The highest BCUT2D eigenvalue weighted by atomic mass is 16.4. The summed E-state index contributed by atoms with van der Waals surface area (Å²) in [6.07, 6.45) is 4.84. The van der Waals surface area contributed by atoms with E-state index in [0.717, 1.165) is 25.7 Å². The van der Waals surface area contributed by atoms with Crippen LogP contribution in [0.3, 0.4) is 0 Å². The zero-order chi connectivity index (χ0) is 13.6. The second-order valence-electron chi connectivity index (χ2n) is 6.40. The molecule has 1 amide bonds. The molecule has 0 aromatic rings. The number of likely N-dealkylation sites (tertiary alicyclic amines) is 1. The van der Waals surface area contributed by atoms with Crippen LogP contribution in [0.2, 0.25) is 0 Å². The van der Waals surface area contributed by atoms with Gasteiger partial charge < -0.3 is 15.7 Å². The van der Waals surface area contributed by atoms with Gasteiger partial charge in [-0.05, 0) is 43.9 Å². The second-order valence-corrected chi connectivity index (χ2v) is 6.40. The third kappa shape index (κ3) is 2.14. The Morgan fingerprint density at radius 1 is 1.16 bits per heavy atom. The summed E-state index contributed by atoms with van der Waals surface area (Å²) in [5.74, 6) is -0.157. The van der Waals surface area contributed by atoms with Gasteiger partial charge >= 0.3 is 5.97 Å². The summed E-state index contributed by atoms with van der Waals surface area (Å²) in [5, 5.41) is 9.10. The SMILES string of the molecule is NC1C2CCC(C2)C1C(=O)N1CCCC(C(=O)O)C1. The Morgan fingerprint density at radius 2 is 1.89 bits per heavy atom. The molecule has 0 spiro atoms. The summed E-state index contributed by atoms with van der Waals surface area (Å²) in [4.78, 5) is 25.5. The molecule has 0 aromatic carbocycles. The van der Waals surface area contributed by atoms with Crippen molar-refractivity contribution >= 4 is 11.9 Å². The summed E-state index contributed by atoms with van der Waals surface area (Å²) in [5.41, 5.74) is 6.20. The van der Waals surface area contributed by atoms with E-state index >= 15 is 0 Å². The highest BCUT2D eigenvalue weighted by Crippen LogP contribution is 2.48. The number of rotatable bonds is 2. The van der Waals surface area contributed by atoms with E-state index in [-0.39, 0.29) is 17.9 Å². The monoisotopic (exact) mass is 266 g/mol. The number of aliphatic carboxylic acids is 1. The topological polar surface area (TPSA) is 83.6 Å². The average molecular weight is 266 g/mol. The van der Waals surface area contributed by atoms with E-state index in [1.165, 1.54) is 0 Å². The molecule has 19 heavy (non-hydrogen) atoms. The lowest BCUT2D eigenvalue weighted by Gasteiger charge is -2.36. The quantitative estimate of drug-likeness (QED) is 0.770. The first-order chi connectivity index (χ1) is 9.08. The lowest BCUT2D eigenvalue weighted by Crippen LogP contribution is -2.50. The fourth-order valence-corrected chi connectivity index (χ4v) is 4.29. The van der Waals surface area contributed by atoms with E-state index in [2.05, 4.69) is 0 Å². The summed E-state index contributed by atoms with van der Waals surface area (Å²) in [6.45, 7) is 1.07. The molecule has 0 radical (unpaired) electrons. The van der Waals surface area contributed by atoms with Crippen LogP contribution in [0.15, 0.2) is 0 Å². The zero-order valence-corrected chi connectivity index (χ0v) is 11.1. The first-order valence-electron chi connectivity index (χ1n) is 7.35. The van der Waals surface area contributed by atoms with E-state index in [1.807, 2.05) is 0 Å². The molecule has 5 unspecified atom stereocenters. The molecule has 1 heterocycles. The van der Waals surface area contributed by atoms with E-state index in [9.17, 15) is 9.59 Å². The highest BCUT2D eigenvalue weighted by molar-refractivity contribution is 5.81. The maximum atomic E-state index is 12.6. The minimum absolute atomic E-state index is 0.00328. The van der Waals surface area contributed by atoms with E-state index in [1.54, 1.807) is 4.90 Å². The lowest BCUT2D eigenvalue weighted by atomic mass is 9.83. The molecule has 106 valence electrons. The standard InChI is InChI=1S/C14H22N2O3/c15-12-9-4-3-8(6-9)11(12)13(17)16-5-1-2-10(7-16)14(18)19/h8-12H,1-7,15H2,(H,18,19). The number of carboxylic acids is 1. The molecule has 5 heteroatoms. The fraction of sp³-hybridized carbons (Fsp3) is 0.857. The van der Waals surface area contributed by atoms with Crippen molar-refractivity contribution in [3.8, 4) is 0 Å². The molecule has 0 aromatic heterocycles. The van der Waals surface area contributed by atoms with E-state index < -0.39 is 11.9 Å². The Balaban J connectivity index is 1.68. The van der Waals surface area contributed by atoms with Crippen LogP contribution in [0.5, 0.6) is 0 Å². The van der Waals surface area contributed by atoms with Gasteiger partial charge in [0.2, 0.25) is 5.91 Å². The molecule has 1 aliphatic heterocycles. The molecule has 3 aliphatic rings. The van der Waals surface area contributed by atoms with Crippen molar-refractivity contribution in [3.63, 3.8) is 0 Å². The molecular weight excluding hydrogens is 244 g/mol. The molecule has 5 atom stereocenters. The van der Waals surface area contributed by atoms with Gasteiger partial charge in [-0.3, -0.25) is 9.59 Å². The van der Waals surface area contributed by atoms with Gasteiger partial charge in [-0.25, -0.2) is 0 Å². The fourth-order valence-electron chi connectivity index (χ4n) is 4.29. The van der Waals surface area contributed by atoms with E-state index in [0.29, 0.717) is 31.3 Å². The van der Waals surface area contributed by atoms with Gasteiger partial charge in [0, 0.05) is 19.1 Å². The molecule has 1 saturated heterocycles. The molecule has 2 saturated carbocycles. The van der Waals surface area contributed by atoms with Gasteiger partial charge in [-0.15, -0.1) is 0 Å². The molecule has 2 aliphatic carbocycles. The van der Waals surface area contributed by atoms with Crippen LogP contribution >= 0.6 is 0 Å². The molecule has 3 N–H and O–H groups in total. The number of hydrogen-bond acceptors (Lipinski definition) is 3. The third-order valence-electron chi connectivity index (χ3n) is 5.35. The number of carbonyl (C=O) groups is 2. The van der Waals surface area contributed by atoms with Crippen molar-refractivity contribution in [1.29, 1.82) is 0 Å². The first-order valence-corrected chi connectivity index (χ1v) is 7.35. The normalized spacial score (nSPS) is 41.5. The van der Waals surface area contributed by atoms with Gasteiger partial charge in [-0.1, -0.05) is 0 Å². The summed E-state index contributed by atoms with van der Waals surface area (Å²) >= 11 is 0. The number of hydrogen-bond donors (Lipinski definition) is 2. The van der Waals surface area contributed by atoms with Gasteiger partial charge in [0.15, 0.2) is 0 Å². The van der Waals surface area contributed by atoms with Crippen molar-refractivity contribution in [3.05, 3.63) is 0 Å². The molecule has 3 fully saturated rings. The number of carboxylic acid groups (broad SMARTS) is 1. The smallest absolute Gasteiger partial charge is 0.308 e. The average Bonchev–Trinajstić information content (AvgIpc) is 2.99. The maximum Gasteiger partial charge on any atom is 0.308 e. The van der Waals surface area contributed by atoms with Crippen molar-refractivity contribution in [2.45, 2.75) is 38.1 Å². The van der Waals surface area contributed by atoms with Crippen molar-refractivity contribution in [1.82, 2.24) is 4.90 Å². The minimum Gasteiger partial charge on any atom is -0.481 e. The number of nitrogens with two attached hydrogens (primary N) is 1. The van der Waals surface area contributed by atoms with Gasteiger partial charge in [0.05, 0.1) is 11.8 Å². The third-order valence-corrected chi connectivity index (χ3v) is 5.35. The summed E-state index contributed by atoms with van der Waals surface area (Å²) in [7, 11) is 0. The van der Waals surface area contributed by atoms with Crippen LogP contribution in [-0.4, -0.2) is 41.0 Å². The number of nitrogens with zero attached hydrogens (tertiary/aromatic N) is 1. The van der Waals surface area contributed by atoms with Crippen LogP contribution in [0.25, 0.3) is 0 Å². The van der Waals surface area contributed by atoms with Crippen molar-refractivity contribution in [2.75, 3.05) is 13.1 Å². The Morgan fingerprint density at radius 3 is 2.53 bits per heavy atom. The maximum absolute atomic E-state index is 12.6. The van der Waals surface area contributed by atoms with Crippen molar-refractivity contribution in [2.24, 2.45) is 29.4 Å². The van der Waals surface area contributed by atoms with Gasteiger partial charge in [-0.2, -0.15) is 0 Å². The largest absolute Gasteiger partial charge is 0.481 e. The van der Waals surface area contributed by atoms with Crippen LogP contribution in [-0.2, 0) is 9.59 Å². The number of carbonyl (C=O) groups excluding carboxylic acids is 1. The highest BCUT2D eigenvalue weighted by Gasteiger charge is 2.50. The summed E-state index contributed by atoms with van der Waals surface area (Å²) < 4.78 is 0. The first kappa shape index (κ1) is 12.9. The Kier molecular flexibility index (Phi) is 3.25. The lowest BCUT2D eigenvalue weighted by molar-refractivity contribution is -0.147. The van der Waals surface area contributed by atoms with Gasteiger partial charge in [0.25, 0.3) is 0 Å². The zero-order valence-electron chi connectivity index (χ0n) is 11.1. The van der Waals surface area contributed by atoms with Crippen LogP contribution in [0.1, 0.15) is 32.1 Å². The summed E-state index contributed by atoms with van der Waals surface area (Å²) in [6, 6.07) is -0.00328. The van der Waals surface area contributed by atoms with E-state index in [4.69, 9.17) is 10.8 Å². The predicted molar refractivity (Wildman–Crippen MR) is 69.2 cm³/mol. The molecule has 2 bridgehead atoms. The second kappa shape index (κ2) is 4.78. The van der Waals surface area contributed by atoms with Gasteiger partial charge in [0.1, 0.15) is 0 Å². The van der Waals surface area contributed by atoms with Crippen LogP contribution < -0.4 is 5.73 Å². The molecule has 3 rings (SSSR count). The number of amides is 1. The molecule has 5 nitrogen and oxygen atoms in total.